The molecule has 0 radical (unpaired) electrons. The molecule has 0 fully saturated rings. The zero-order valence-corrected chi connectivity index (χ0v) is 16.6. The third-order valence-corrected chi connectivity index (χ3v) is 5.05. The molecule has 0 aliphatic heterocycles. The lowest BCUT2D eigenvalue weighted by molar-refractivity contribution is 0.414. The van der Waals surface area contributed by atoms with Crippen LogP contribution < -0.4 is 10.3 Å². The lowest BCUT2D eigenvalue weighted by atomic mass is 10.1. The van der Waals surface area contributed by atoms with E-state index in [1.807, 2.05) is 30.3 Å². The Balaban J connectivity index is 1.85. The van der Waals surface area contributed by atoms with Crippen molar-refractivity contribution in [2.24, 2.45) is 0 Å². The SMILES string of the molecule is COc1ccc(-n2c(-c3ccccc3F)nc3c(cnn3-c3ccccc3)c2=O)cc1. The summed E-state index contributed by atoms with van der Waals surface area (Å²) in [5.74, 6) is 0.371. The van der Waals surface area contributed by atoms with Crippen LogP contribution >= 0.6 is 0 Å². The number of hydrogen-bond acceptors (Lipinski definition) is 4. The molecule has 0 saturated heterocycles. The van der Waals surface area contributed by atoms with Gasteiger partial charge in [-0.25, -0.2) is 14.1 Å². The van der Waals surface area contributed by atoms with E-state index in [9.17, 15) is 9.18 Å². The van der Waals surface area contributed by atoms with E-state index in [2.05, 4.69) is 5.10 Å². The van der Waals surface area contributed by atoms with Crippen molar-refractivity contribution < 1.29 is 9.13 Å². The second kappa shape index (κ2) is 7.53. The average molecular weight is 412 g/mol. The number of para-hydroxylation sites is 1. The van der Waals surface area contributed by atoms with Crippen LogP contribution in [-0.2, 0) is 0 Å². The first-order valence-corrected chi connectivity index (χ1v) is 9.63. The number of rotatable bonds is 4. The van der Waals surface area contributed by atoms with Gasteiger partial charge in [-0.1, -0.05) is 30.3 Å². The van der Waals surface area contributed by atoms with Crippen molar-refractivity contribution >= 4 is 11.0 Å². The van der Waals surface area contributed by atoms with Crippen LogP contribution in [0.15, 0.2) is 89.9 Å². The summed E-state index contributed by atoms with van der Waals surface area (Å²) in [5, 5.41) is 4.71. The van der Waals surface area contributed by atoms with Gasteiger partial charge in [-0.2, -0.15) is 5.10 Å². The molecule has 3 aromatic carbocycles. The minimum Gasteiger partial charge on any atom is -0.497 e. The van der Waals surface area contributed by atoms with E-state index < -0.39 is 5.82 Å². The van der Waals surface area contributed by atoms with Crippen LogP contribution in [-0.4, -0.2) is 26.4 Å². The highest BCUT2D eigenvalue weighted by Crippen LogP contribution is 2.26. The van der Waals surface area contributed by atoms with E-state index in [0.29, 0.717) is 22.5 Å². The predicted molar refractivity (Wildman–Crippen MR) is 116 cm³/mol. The lowest BCUT2D eigenvalue weighted by Crippen LogP contribution is -2.22. The fraction of sp³-hybridized carbons (Fsp3) is 0.0417. The number of halogens is 1. The number of hydrogen-bond donors (Lipinski definition) is 0. The molecule has 0 N–H and O–H groups in total. The van der Waals surface area contributed by atoms with E-state index in [0.717, 1.165) is 5.69 Å². The molecular formula is C24H17FN4O2. The summed E-state index contributed by atoms with van der Waals surface area (Å²) in [7, 11) is 1.57. The number of fused-ring (bicyclic) bond motifs is 1. The number of methoxy groups -OCH3 is 1. The second-order valence-corrected chi connectivity index (χ2v) is 6.88. The molecule has 0 aliphatic carbocycles. The smallest absolute Gasteiger partial charge is 0.269 e. The summed E-state index contributed by atoms with van der Waals surface area (Å²) >= 11 is 0. The van der Waals surface area contributed by atoms with Gasteiger partial charge in [-0.05, 0) is 48.5 Å². The van der Waals surface area contributed by atoms with Gasteiger partial charge in [0.25, 0.3) is 5.56 Å². The summed E-state index contributed by atoms with van der Waals surface area (Å²) in [6.45, 7) is 0. The molecule has 0 spiro atoms. The summed E-state index contributed by atoms with van der Waals surface area (Å²) in [5.41, 5.74) is 1.55. The van der Waals surface area contributed by atoms with Gasteiger partial charge in [-0.15, -0.1) is 0 Å². The Labute approximate surface area is 176 Å². The molecule has 0 bridgehead atoms. The van der Waals surface area contributed by atoms with Gasteiger partial charge in [0.05, 0.1) is 30.2 Å². The first-order chi connectivity index (χ1) is 15.2. The van der Waals surface area contributed by atoms with Crippen molar-refractivity contribution in [3.05, 3.63) is 101 Å². The molecule has 0 aliphatic rings. The molecule has 7 heteroatoms. The van der Waals surface area contributed by atoms with Crippen LogP contribution in [0.1, 0.15) is 0 Å². The molecule has 0 atom stereocenters. The minimum absolute atomic E-state index is 0.193. The Morgan fingerprint density at radius 3 is 2.29 bits per heavy atom. The molecule has 0 saturated carbocycles. The molecule has 0 amide bonds. The molecular weight excluding hydrogens is 395 g/mol. The first kappa shape index (κ1) is 18.7. The van der Waals surface area contributed by atoms with Crippen molar-refractivity contribution in [2.45, 2.75) is 0 Å². The summed E-state index contributed by atoms with van der Waals surface area (Å²) in [6.07, 6.45) is 1.49. The predicted octanol–water partition coefficient (Wildman–Crippen LogP) is 4.39. The quantitative estimate of drug-likeness (QED) is 0.439. The lowest BCUT2D eigenvalue weighted by Gasteiger charge is -2.14. The molecule has 152 valence electrons. The number of ether oxygens (including phenoxy) is 1. The zero-order chi connectivity index (χ0) is 21.4. The molecule has 2 aromatic heterocycles. The molecule has 31 heavy (non-hydrogen) atoms. The third kappa shape index (κ3) is 3.16. The summed E-state index contributed by atoms with van der Waals surface area (Å²) < 4.78 is 23.0. The number of aromatic nitrogens is 4. The van der Waals surface area contributed by atoms with Crippen LogP contribution in [0.25, 0.3) is 33.8 Å². The van der Waals surface area contributed by atoms with Crippen molar-refractivity contribution in [1.82, 2.24) is 19.3 Å². The topological polar surface area (TPSA) is 61.9 Å². The van der Waals surface area contributed by atoms with Crippen LogP contribution in [0.2, 0.25) is 0 Å². The largest absolute Gasteiger partial charge is 0.497 e. The van der Waals surface area contributed by atoms with Gasteiger partial charge in [0, 0.05) is 0 Å². The Hall–Kier alpha value is -4.26. The van der Waals surface area contributed by atoms with Crippen LogP contribution in [0.4, 0.5) is 4.39 Å². The highest BCUT2D eigenvalue weighted by molar-refractivity contribution is 5.79. The van der Waals surface area contributed by atoms with Crippen LogP contribution in [0.5, 0.6) is 5.75 Å². The molecule has 0 unspecified atom stereocenters. The standard InChI is InChI=1S/C24H17FN4O2/c1-31-18-13-11-16(12-14-18)28-22(19-9-5-6-10-21(19)25)27-23-20(24(28)30)15-26-29(23)17-7-3-2-4-8-17/h2-15H,1H3. The monoisotopic (exact) mass is 412 g/mol. The molecule has 2 heterocycles. The van der Waals surface area contributed by atoms with Gasteiger partial charge in [0.2, 0.25) is 0 Å². The zero-order valence-electron chi connectivity index (χ0n) is 16.6. The minimum atomic E-state index is -0.471. The van der Waals surface area contributed by atoms with E-state index in [4.69, 9.17) is 9.72 Å². The molecule has 5 aromatic rings. The highest BCUT2D eigenvalue weighted by atomic mass is 19.1. The van der Waals surface area contributed by atoms with E-state index in [-0.39, 0.29) is 16.9 Å². The Kier molecular flexibility index (Phi) is 4.55. The molecule has 6 nitrogen and oxygen atoms in total. The van der Waals surface area contributed by atoms with Crippen molar-refractivity contribution in [3.63, 3.8) is 0 Å². The third-order valence-electron chi connectivity index (χ3n) is 5.05. The second-order valence-electron chi connectivity index (χ2n) is 6.88. The van der Waals surface area contributed by atoms with Gasteiger partial charge in [0.15, 0.2) is 11.5 Å². The van der Waals surface area contributed by atoms with E-state index >= 15 is 0 Å². The van der Waals surface area contributed by atoms with Gasteiger partial charge >= 0.3 is 0 Å². The molecule has 5 rings (SSSR count). The van der Waals surface area contributed by atoms with Gasteiger partial charge < -0.3 is 4.74 Å². The fourth-order valence-corrected chi connectivity index (χ4v) is 3.52. The Morgan fingerprint density at radius 2 is 1.58 bits per heavy atom. The van der Waals surface area contributed by atoms with Crippen LogP contribution in [0.3, 0.4) is 0 Å². The Bertz CT molecular complexity index is 1440. The van der Waals surface area contributed by atoms with E-state index in [1.165, 1.54) is 16.8 Å². The fourth-order valence-electron chi connectivity index (χ4n) is 3.52. The van der Waals surface area contributed by atoms with Crippen molar-refractivity contribution in [2.75, 3.05) is 7.11 Å². The van der Waals surface area contributed by atoms with Crippen molar-refractivity contribution in [1.29, 1.82) is 0 Å². The normalized spacial score (nSPS) is 11.0. The number of nitrogens with zero attached hydrogens (tertiary/aromatic N) is 4. The average Bonchev–Trinajstić information content (AvgIpc) is 3.24. The maximum atomic E-state index is 14.8. The van der Waals surface area contributed by atoms with Gasteiger partial charge in [-0.3, -0.25) is 9.36 Å². The van der Waals surface area contributed by atoms with Crippen molar-refractivity contribution in [3.8, 4) is 28.5 Å². The Morgan fingerprint density at radius 1 is 0.871 bits per heavy atom. The highest BCUT2D eigenvalue weighted by Gasteiger charge is 2.20. The first-order valence-electron chi connectivity index (χ1n) is 9.63. The number of benzene rings is 3. The maximum absolute atomic E-state index is 14.8. The maximum Gasteiger partial charge on any atom is 0.269 e. The summed E-state index contributed by atoms with van der Waals surface area (Å²) in [6, 6.07) is 22.6. The summed E-state index contributed by atoms with van der Waals surface area (Å²) in [4.78, 5) is 18.3. The van der Waals surface area contributed by atoms with Crippen LogP contribution in [0, 0.1) is 5.82 Å². The van der Waals surface area contributed by atoms with E-state index in [1.54, 1.807) is 54.3 Å². The van der Waals surface area contributed by atoms with Gasteiger partial charge in [0.1, 0.15) is 17.0 Å².